The number of nitriles is 1. The van der Waals surface area contributed by atoms with Gasteiger partial charge in [-0.15, -0.1) is 0 Å². The van der Waals surface area contributed by atoms with Gasteiger partial charge in [-0.25, -0.2) is 4.98 Å². The Morgan fingerprint density at radius 1 is 1.12 bits per heavy atom. The van der Waals surface area contributed by atoms with Crippen LogP contribution in [0.4, 0.5) is 0 Å². The Bertz CT molecular complexity index is 1060. The Hall–Kier alpha value is -3.92. The number of carbonyl (C=O) groups is 2. The standard InChI is InChI=1S/C19H13N3O4/c20-9-14-13-8-4-7-12(11-5-2-1-3-6-11)16(13)18(25)17(22-14)19(26)21-10-15(23)24/h1-8,25H,10H2,(H,21,26)(H,23,24). The monoisotopic (exact) mass is 347 g/mol. The van der Waals surface area contributed by atoms with Crippen molar-refractivity contribution in [1.29, 1.82) is 5.26 Å². The van der Waals surface area contributed by atoms with Crippen LogP contribution in [0.2, 0.25) is 0 Å². The summed E-state index contributed by atoms with van der Waals surface area (Å²) in [6, 6.07) is 16.2. The maximum absolute atomic E-state index is 12.2. The Labute approximate surface area is 148 Å². The number of aromatic hydroxyl groups is 1. The number of hydrogen-bond donors (Lipinski definition) is 3. The van der Waals surface area contributed by atoms with Crippen LogP contribution >= 0.6 is 0 Å². The molecule has 0 saturated carbocycles. The summed E-state index contributed by atoms with van der Waals surface area (Å²) in [6.07, 6.45) is 0. The van der Waals surface area contributed by atoms with Gasteiger partial charge in [0.2, 0.25) is 0 Å². The number of pyridine rings is 1. The third-order valence-corrected chi connectivity index (χ3v) is 3.81. The highest BCUT2D eigenvalue weighted by Crippen LogP contribution is 2.37. The van der Waals surface area contributed by atoms with Crippen molar-refractivity contribution in [2.45, 2.75) is 0 Å². The molecule has 26 heavy (non-hydrogen) atoms. The molecule has 1 amide bonds. The lowest BCUT2D eigenvalue weighted by molar-refractivity contribution is -0.135. The number of amides is 1. The summed E-state index contributed by atoms with van der Waals surface area (Å²) >= 11 is 0. The van der Waals surface area contributed by atoms with Crippen molar-refractivity contribution < 1.29 is 19.8 Å². The molecule has 7 nitrogen and oxygen atoms in total. The fraction of sp³-hybridized carbons (Fsp3) is 0.0526. The van der Waals surface area contributed by atoms with E-state index < -0.39 is 29.9 Å². The summed E-state index contributed by atoms with van der Waals surface area (Å²) in [5, 5.41) is 31.6. The maximum atomic E-state index is 12.2. The van der Waals surface area contributed by atoms with Crippen molar-refractivity contribution in [1.82, 2.24) is 10.3 Å². The third-order valence-electron chi connectivity index (χ3n) is 3.81. The molecular weight excluding hydrogens is 334 g/mol. The van der Waals surface area contributed by atoms with Crippen LogP contribution in [0, 0.1) is 11.3 Å². The van der Waals surface area contributed by atoms with Gasteiger partial charge in [0.25, 0.3) is 5.91 Å². The van der Waals surface area contributed by atoms with Gasteiger partial charge in [0.05, 0.1) is 0 Å². The molecule has 1 heterocycles. The van der Waals surface area contributed by atoms with Crippen molar-refractivity contribution in [3.63, 3.8) is 0 Å². The molecule has 2 aromatic carbocycles. The molecule has 1 aromatic heterocycles. The van der Waals surface area contributed by atoms with Gasteiger partial charge in [0.1, 0.15) is 18.3 Å². The second-order valence-corrected chi connectivity index (χ2v) is 5.44. The van der Waals surface area contributed by atoms with Crippen LogP contribution in [0.1, 0.15) is 16.2 Å². The van der Waals surface area contributed by atoms with E-state index in [1.54, 1.807) is 18.2 Å². The fourth-order valence-electron chi connectivity index (χ4n) is 2.69. The number of rotatable bonds is 4. The lowest BCUT2D eigenvalue weighted by Gasteiger charge is -2.12. The number of benzene rings is 2. The predicted octanol–water partition coefficient (Wildman–Crippen LogP) is 2.29. The van der Waals surface area contributed by atoms with Crippen LogP contribution in [0.15, 0.2) is 48.5 Å². The van der Waals surface area contributed by atoms with E-state index >= 15 is 0 Å². The van der Waals surface area contributed by atoms with E-state index in [0.717, 1.165) is 5.56 Å². The van der Waals surface area contributed by atoms with E-state index in [1.165, 1.54) is 0 Å². The highest BCUT2D eigenvalue weighted by Gasteiger charge is 2.21. The number of carbonyl (C=O) groups excluding carboxylic acids is 1. The van der Waals surface area contributed by atoms with Crippen molar-refractivity contribution in [2.24, 2.45) is 0 Å². The van der Waals surface area contributed by atoms with Gasteiger partial charge < -0.3 is 15.5 Å². The lowest BCUT2D eigenvalue weighted by atomic mass is 9.96. The minimum atomic E-state index is -1.23. The number of carboxylic acids is 1. The average molecular weight is 347 g/mol. The van der Waals surface area contributed by atoms with Crippen molar-refractivity contribution in [3.05, 3.63) is 59.9 Å². The van der Waals surface area contributed by atoms with Crippen LogP contribution in [0.3, 0.4) is 0 Å². The predicted molar refractivity (Wildman–Crippen MR) is 93.5 cm³/mol. The molecule has 128 valence electrons. The van der Waals surface area contributed by atoms with E-state index in [-0.39, 0.29) is 5.69 Å². The highest BCUT2D eigenvalue weighted by atomic mass is 16.4. The molecule has 0 bridgehead atoms. The number of fused-ring (bicyclic) bond motifs is 1. The summed E-state index contributed by atoms with van der Waals surface area (Å²) in [5.41, 5.74) is 1.00. The van der Waals surface area contributed by atoms with Gasteiger partial charge in [-0.1, -0.05) is 48.5 Å². The van der Waals surface area contributed by atoms with Crippen LogP contribution in [0.5, 0.6) is 5.75 Å². The second-order valence-electron chi connectivity index (χ2n) is 5.44. The van der Waals surface area contributed by atoms with E-state index in [2.05, 4.69) is 10.3 Å². The number of nitrogens with zero attached hydrogens (tertiary/aromatic N) is 2. The molecule has 7 heteroatoms. The Balaban J connectivity index is 2.27. The van der Waals surface area contributed by atoms with Crippen molar-refractivity contribution in [3.8, 4) is 22.9 Å². The zero-order valence-electron chi connectivity index (χ0n) is 13.4. The number of nitrogens with one attached hydrogen (secondary N) is 1. The summed E-state index contributed by atoms with van der Waals surface area (Å²) < 4.78 is 0. The average Bonchev–Trinajstić information content (AvgIpc) is 2.66. The van der Waals surface area contributed by atoms with Gasteiger partial charge >= 0.3 is 5.97 Å². The van der Waals surface area contributed by atoms with Gasteiger partial charge in [-0.05, 0) is 11.1 Å². The lowest BCUT2D eigenvalue weighted by Crippen LogP contribution is -2.30. The number of hydrogen-bond acceptors (Lipinski definition) is 5. The third kappa shape index (κ3) is 3.03. The van der Waals surface area contributed by atoms with E-state index in [1.807, 2.05) is 36.4 Å². The van der Waals surface area contributed by atoms with Gasteiger partial charge in [-0.3, -0.25) is 9.59 Å². The van der Waals surface area contributed by atoms with Gasteiger partial charge in [0, 0.05) is 10.8 Å². The molecule has 0 saturated heterocycles. The normalized spacial score (nSPS) is 10.3. The van der Waals surface area contributed by atoms with Crippen LogP contribution < -0.4 is 5.32 Å². The Morgan fingerprint density at radius 3 is 2.50 bits per heavy atom. The molecule has 0 aliphatic heterocycles. The molecule has 0 unspecified atom stereocenters. The van der Waals surface area contributed by atoms with Crippen LogP contribution in [0.25, 0.3) is 21.9 Å². The Morgan fingerprint density at radius 2 is 1.85 bits per heavy atom. The molecule has 0 atom stereocenters. The number of aliphatic carboxylic acids is 1. The molecule has 0 fully saturated rings. The molecule has 0 spiro atoms. The van der Waals surface area contributed by atoms with E-state index in [9.17, 15) is 20.0 Å². The first-order valence-electron chi connectivity index (χ1n) is 7.64. The number of carboxylic acid groups (broad SMARTS) is 1. The summed E-state index contributed by atoms with van der Waals surface area (Å²) in [4.78, 5) is 26.8. The second kappa shape index (κ2) is 6.91. The summed E-state index contributed by atoms with van der Waals surface area (Å²) in [6.45, 7) is -0.625. The zero-order valence-corrected chi connectivity index (χ0v) is 13.4. The number of aromatic nitrogens is 1. The smallest absolute Gasteiger partial charge is 0.322 e. The zero-order chi connectivity index (χ0) is 18.7. The minimum Gasteiger partial charge on any atom is -0.505 e. The van der Waals surface area contributed by atoms with Crippen molar-refractivity contribution in [2.75, 3.05) is 6.54 Å². The molecule has 3 N–H and O–H groups in total. The largest absolute Gasteiger partial charge is 0.505 e. The SMILES string of the molecule is N#Cc1nc(C(=O)NCC(=O)O)c(O)c2c(-c3ccccc3)cccc12. The molecule has 0 aliphatic carbocycles. The molecule has 3 rings (SSSR count). The molecule has 0 radical (unpaired) electrons. The first-order valence-corrected chi connectivity index (χ1v) is 7.64. The quantitative estimate of drug-likeness (QED) is 0.665. The van der Waals surface area contributed by atoms with E-state index in [0.29, 0.717) is 16.3 Å². The van der Waals surface area contributed by atoms with Gasteiger partial charge in [0.15, 0.2) is 11.4 Å². The molecule has 0 aliphatic rings. The Kier molecular flexibility index (Phi) is 4.50. The van der Waals surface area contributed by atoms with E-state index in [4.69, 9.17) is 5.11 Å². The maximum Gasteiger partial charge on any atom is 0.322 e. The fourth-order valence-corrected chi connectivity index (χ4v) is 2.69. The molecule has 3 aromatic rings. The highest BCUT2D eigenvalue weighted by molar-refractivity contribution is 6.08. The first-order chi connectivity index (χ1) is 12.5. The van der Waals surface area contributed by atoms with Crippen LogP contribution in [-0.2, 0) is 4.79 Å². The summed E-state index contributed by atoms with van der Waals surface area (Å²) in [7, 11) is 0. The van der Waals surface area contributed by atoms with Crippen molar-refractivity contribution >= 4 is 22.6 Å². The van der Waals surface area contributed by atoms with Gasteiger partial charge in [-0.2, -0.15) is 5.26 Å². The summed E-state index contributed by atoms with van der Waals surface area (Å²) in [5.74, 6) is -2.50. The molecular formula is C19H13N3O4. The topological polar surface area (TPSA) is 123 Å². The minimum absolute atomic E-state index is 0.0314. The first kappa shape index (κ1) is 16.9. The van der Waals surface area contributed by atoms with Crippen LogP contribution in [-0.4, -0.2) is 33.6 Å².